The Bertz CT molecular complexity index is 244. The van der Waals surface area contributed by atoms with E-state index < -0.39 is 6.23 Å². The van der Waals surface area contributed by atoms with Crippen LogP contribution in [0.25, 0.3) is 0 Å². The summed E-state index contributed by atoms with van der Waals surface area (Å²) < 4.78 is 5.75. The number of hydrogen-bond acceptors (Lipinski definition) is 4. The van der Waals surface area contributed by atoms with E-state index in [9.17, 15) is 5.11 Å². The average molecular weight is 242 g/mol. The largest absolute Gasteiger partial charge is 0.388 e. The predicted molar refractivity (Wildman–Crippen MR) is 69.5 cm³/mol. The summed E-state index contributed by atoms with van der Waals surface area (Å²) in [5.41, 5.74) is 0. The van der Waals surface area contributed by atoms with E-state index in [1.165, 1.54) is 0 Å². The highest BCUT2D eigenvalue weighted by molar-refractivity contribution is 5.02. The van der Waals surface area contributed by atoms with Gasteiger partial charge in [-0.1, -0.05) is 0 Å². The predicted octanol–water partition coefficient (Wildman–Crippen LogP) is 1.22. The van der Waals surface area contributed by atoms with Crippen LogP contribution in [0.4, 0.5) is 0 Å². The minimum Gasteiger partial charge on any atom is -0.388 e. The molecular formula is C13H26N2O2. The monoisotopic (exact) mass is 242 g/mol. The molecule has 0 amide bonds. The molecule has 0 saturated heterocycles. The topological polar surface area (TPSA) is 53.5 Å². The Labute approximate surface area is 104 Å². The van der Waals surface area contributed by atoms with Crippen molar-refractivity contribution in [2.45, 2.75) is 58.5 Å². The van der Waals surface area contributed by atoms with Crippen molar-refractivity contribution >= 4 is 0 Å². The molecule has 0 saturated carbocycles. The lowest BCUT2D eigenvalue weighted by Gasteiger charge is -2.35. The number of aliphatic hydroxyl groups excluding tert-OH is 1. The van der Waals surface area contributed by atoms with Crippen LogP contribution in [-0.2, 0) is 4.74 Å². The molecule has 0 radical (unpaired) electrons. The molecular weight excluding hydrogens is 216 g/mol. The average Bonchev–Trinajstić information content (AvgIpc) is 2.22. The second-order valence-corrected chi connectivity index (χ2v) is 4.88. The van der Waals surface area contributed by atoms with E-state index >= 15 is 0 Å². The van der Waals surface area contributed by atoms with Crippen molar-refractivity contribution < 1.29 is 9.84 Å². The number of ether oxygens (including phenoxy) is 1. The van der Waals surface area contributed by atoms with Gasteiger partial charge in [0.1, 0.15) is 6.23 Å². The van der Waals surface area contributed by atoms with Gasteiger partial charge in [0.05, 0.1) is 6.10 Å². The van der Waals surface area contributed by atoms with E-state index in [4.69, 9.17) is 4.74 Å². The number of nitrogens with one attached hydrogen (secondary N) is 2. The van der Waals surface area contributed by atoms with Gasteiger partial charge in [-0.25, -0.2) is 0 Å². The first-order valence-corrected chi connectivity index (χ1v) is 6.53. The molecule has 100 valence electrons. The molecule has 0 aliphatic carbocycles. The van der Waals surface area contributed by atoms with Gasteiger partial charge >= 0.3 is 0 Å². The van der Waals surface area contributed by atoms with Crippen molar-refractivity contribution in [3.05, 3.63) is 12.3 Å². The molecule has 3 N–H and O–H groups in total. The van der Waals surface area contributed by atoms with Gasteiger partial charge in [0.15, 0.2) is 0 Å². The minimum absolute atomic E-state index is 0.175. The second kappa shape index (κ2) is 6.99. The van der Waals surface area contributed by atoms with E-state index in [2.05, 4.69) is 30.6 Å². The third-order valence-corrected chi connectivity index (χ3v) is 3.22. The lowest BCUT2D eigenvalue weighted by Crippen LogP contribution is -2.46. The Morgan fingerprint density at radius 1 is 1.47 bits per heavy atom. The lowest BCUT2D eigenvalue weighted by atomic mass is 9.86. The molecule has 1 heterocycles. The van der Waals surface area contributed by atoms with Gasteiger partial charge in [0.25, 0.3) is 0 Å². The van der Waals surface area contributed by atoms with E-state index in [-0.39, 0.29) is 12.1 Å². The van der Waals surface area contributed by atoms with Crippen LogP contribution in [0.15, 0.2) is 12.3 Å². The molecule has 1 aliphatic rings. The van der Waals surface area contributed by atoms with Crippen molar-refractivity contribution in [3.63, 3.8) is 0 Å². The van der Waals surface area contributed by atoms with Gasteiger partial charge in [-0.3, -0.25) is 5.32 Å². The Kier molecular flexibility index (Phi) is 5.95. The van der Waals surface area contributed by atoms with Crippen LogP contribution in [0.5, 0.6) is 0 Å². The van der Waals surface area contributed by atoms with Crippen LogP contribution >= 0.6 is 0 Å². The first kappa shape index (κ1) is 14.5. The summed E-state index contributed by atoms with van der Waals surface area (Å²) in [6.07, 6.45) is 4.76. The normalized spacial score (nSPS) is 31.9. The molecule has 0 fully saturated rings. The maximum absolute atomic E-state index is 9.32. The SMILES string of the molecule is CCOC1C=CN[C@@H](C)C1CC(C)NC(C)O. The smallest absolute Gasteiger partial charge is 0.102 e. The highest BCUT2D eigenvalue weighted by atomic mass is 16.5. The molecule has 5 atom stereocenters. The summed E-state index contributed by atoms with van der Waals surface area (Å²) in [6.45, 7) is 8.78. The fourth-order valence-corrected chi connectivity index (χ4v) is 2.45. The minimum atomic E-state index is -0.460. The molecule has 0 bridgehead atoms. The highest BCUT2D eigenvalue weighted by Gasteiger charge is 2.29. The van der Waals surface area contributed by atoms with Gasteiger partial charge in [-0.05, 0) is 46.4 Å². The van der Waals surface area contributed by atoms with E-state index in [1.807, 2.05) is 13.1 Å². The molecule has 0 aromatic heterocycles. The number of rotatable bonds is 6. The summed E-state index contributed by atoms with van der Waals surface area (Å²) >= 11 is 0. The molecule has 0 spiro atoms. The van der Waals surface area contributed by atoms with Crippen LogP contribution in [0.3, 0.4) is 0 Å². The summed E-state index contributed by atoms with van der Waals surface area (Å²) in [5.74, 6) is 0.432. The van der Waals surface area contributed by atoms with E-state index in [1.54, 1.807) is 6.92 Å². The third kappa shape index (κ3) is 4.66. The Hall–Kier alpha value is -0.580. The fourth-order valence-electron chi connectivity index (χ4n) is 2.45. The maximum Gasteiger partial charge on any atom is 0.102 e. The van der Waals surface area contributed by atoms with Gasteiger partial charge in [0.2, 0.25) is 0 Å². The van der Waals surface area contributed by atoms with Crippen molar-refractivity contribution in [2.75, 3.05) is 6.61 Å². The van der Waals surface area contributed by atoms with E-state index in [0.717, 1.165) is 13.0 Å². The molecule has 0 aromatic carbocycles. The quantitative estimate of drug-likeness (QED) is 0.613. The Balaban J connectivity index is 2.54. The van der Waals surface area contributed by atoms with Gasteiger partial charge < -0.3 is 15.2 Å². The zero-order valence-corrected chi connectivity index (χ0v) is 11.3. The summed E-state index contributed by atoms with van der Waals surface area (Å²) in [5, 5.41) is 15.8. The molecule has 1 rings (SSSR count). The third-order valence-electron chi connectivity index (χ3n) is 3.22. The lowest BCUT2D eigenvalue weighted by molar-refractivity contribution is 0.0274. The van der Waals surface area contributed by atoms with Crippen molar-refractivity contribution in [1.82, 2.24) is 10.6 Å². The molecule has 4 unspecified atom stereocenters. The standard InChI is InChI=1S/C13H26N2O2/c1-5-17-13-6-7-14-10(3)12(13)8-9(2)15-11(4)16/h6-7,9-16H,5,8H2,1-4H3/t9?,10-,11?,12?,13?/m0/s1. The van der Waals surface area contributed by atoms with Crippen molar-refractivity contribution in [2.24, 2.45) is 5.92 Å². The molecule has 4 nitrogen and oxygen atoms in total. The molecule has 0 aromatic rings. The zero-order valence-electron chi connectivity index (χ0n) is 11.3. The summed E-state index contributed by atoms with van der Waals surface area (Å²) in [7, 11) is 0. The van der Waals surface area contributed by atoms with Crippen LogP contribution in [0.2, 0.25) is 0 Å². The fraction of sp³-hybridized carbons (Fsp3) is 0.846. The number of aliphatic hydroxyl groups is 1. The van der Waals surface area contributed by atoms with Crippen molar-refractivity contribution in [3.8, 4) is 0 Å². The summed E-state index contributed by atoms with van der Waals surface area (Å²) in [6, 6.07) is 0.675. The zero-order chi connectivity index (χ0) is 12.8. The molecule has 1 aliphatic heterocycles. The Morgan fingerprint density at radius 3 is 2.76 bits per heavy atom. The molecule has 4 heteroatoms. The molecule has 17 heavy (non-hydrogen) atoms. The van der Waals surface area contributed by atoms with Gasteiger partial charge in [0, 0.05) is 24.6 Å². The van der Waals surface area contributed by atoms with E-state index in [0.29, 0.717) is 12.0 Å². The van der Waals surface area contributed by atoms with Gasteiger partial charge in [-0.15, -0.1) is 0 Å². The number of hydrogen-bond donors (Lipinski definition) is 3. The van der Waals surface area contributed by atoms with Crippen molar-refractivity contribution in [1.29, 1.82) is 0 Å². The van der Waals surface area contributed by atoms with Gasteiger partial charge in [-0.2, -0.15) is 0 Å². The Morgan fingerprint density at radius 2 is 2.18 bits per heavy atom. The first-order chi connectivity index (χ1) is 8.04. The van der Waals surface area contributed by atoms with Crippen LogP contribution in [0.1, 0.15) is 34.1 Å². The van der Waals surface area contributed by atoms with Crippen LogP contribution in [-0.4, -0.2) is 36.1 Å². The second-order valence-electron chi connectivity index (χ2n) is 4.88. The maximum atomic E-state index is 9.32. The van der Waals surface area contributed by atoms with Crippen LogP contribution in [0, 0.1) is 5.92 Å². The van der Waals surface area contributed by atoms with Crippen LogP contribution < -0.4 is 10.6 Å². The highest BCUT2D eigenvalue weighted by Crippen LogP contribution is 2.23. The summed E-state index contributed by atoms with van der Waals surface area (Å²) in [4.78, 5) is 0. The first-order valence-electron chi connectivity index (χ1n) is 6.53.